The number of carbonyl (C=O) groups is 1. The third-order valence-corrected chi connectivity index (χ3v) is 3.50. The largest absolute Gasteiger partial charge is 0.444 e. The van der Waals surface area contributed by atoms with Gasteiger partial charge in [-0.3, -0.25) is 4.90 Å². The van der Waals surface area contributed by atoms with E-state index in [1.54, 1.807) is 26.8 Å². The van der Waals surface area contributed by atoms with Gasteiger partial charge in [-0.05, 0) is 32.4 Å². The third-order valence-electron chi connectivity index (χ3n) is 3.50. The number of nitrogens with zero attached hydrogens (tertiary/aromatic N) is 1. The molecule has 1 atom stereocenters. The molecule has 1 unspecified atom stereocenters. The average molecular weight is 330 g/mol. The van der Waals surface area contributed by atoms with E-state index in [2.05, 4.69) is 5.32 Å². The lowest BCUT2D eigenvalue weighted by atomic mass is 9.97. The predicted molar refractivity (Wildman–Crippen MR) is 80.0 cm³/mol. The van der Waals surface area contributed by atoms with Crippen LogP contribution in [0.2, 0.25) is 0 Å². The molecule has 0 aromatic heterocycles. The van der Waals surface area contributed by atoms with Gasteiger partial charge in [-0.25, -0.2) is 4.79 Å². The van der Waals surface area contributed by atoms with E-state index in [-0.39, 0.29) is 12.1 Å². The van der Waals surface area contributed by atoms with Crippen molar-refractivity contribution in [2.24, 2.45) is 0 Å². The first-order chi connectivity index (χ1) is 10.6. The van der Waals surface area contributed by atoms with E-state index >= 15 is 0 Å². The van der Waals surface area contributed by atoms with Crippen molar-refractivity contribution in [2.75, 3.05) is 19.6 Å². The van der Waals surface area contributed by atoms with E-state index < -0.39 is 29.5 Å². The minimum Gasteiger partial charge on any atom is -0.444 e. The Morgan fingerprint density at radius 1 is 1.26 bits per heavy atom. The molecule has 1 heterocycles. The molecule has 128 valence electrons. The number of nitrogens with one attached hydrogen (secondary N) is 1. The highest BCUT2D eigenvalue weighted by molar-refractivity contribution is 5.69. The fourth-order valence-electron chi connectivity index (χ4n) is 2.57. The zero-order chi connectivity index (χ0) is 17.3. The number of hydrogen-bond acceptors (Lipinski definition) is 3. The minimum absolute atomic E-state index is 0.0815. The molecule has 4 nitrogen and oxygen atoms in total. The topological polar surface area (TPSA) is 41.6 Å². The third kappa shape index (κ3) is 4.37. The quantitative estimate of drug-likeness (QED) is 0.856. The van der Waals surface area contributed by atoms with Crippen LogP contribution in [0.25, 0.3) is 0 Å². The van der Waals surface area contributed by atoms with E-state index in [1.165, 1.54) is 17.0 Å². The van der Waals surface area contributed by atoms with E-state index in [9.17, 15) is 18.0 Å². The molecule has 1 N–H and O–H groups in total. The number of rotatable bonds is 1. The van der Waals surface area contributed by atoms with Gasteiger partial charge in [-0.2, -0.15) is 13.2 Å². The van der Waals surface area contributed by atoms with Gasteiger partial charge in [0, 0.05) is 19.6 Å². The molecule has 0 spiro atoms. The van der Waals surface area contributed by atoms with E-state index in [0.29, 0.717) is 13.1 Å². The van der Waals surface area contributed by atoms with Crippen LogP contribution >= 0.6 is 0 Å². The molecular weight excluding hydrogens is 309 g/mol. The summed E-state index contributed by atoms with van der Waals surface area (Å²) in [5.41, 5.74) is -1.34. The number of hydrogen-bond donors (Lipinski definition) is 1. The Labute approximate surface area is 133 Å². The van der Waals surface area contributed by atoms with Crippen molar-refractivity contribution in [3.63, 3.8) is 0 Å². The molecule has 0 bridgehead atoms. The smallest absolute Gasteiger partial charge is 0.416 e. The van der Waals surface area contributed by atoms with Crippen molar-refractivity contribution in [3.05, 3.63) is 35.4 Å². The fraction of sp³-hybridized carbons (Fsp3) is 0.562. The molecule has 1 aromatic rings. The number of amides is 1. The summed E-state index contributed by atoms with van der Waals surface area (Å²) in [6.07, 6.45) is -5.06. The maximum atomic E-state index is 13.2. The summed E-state index contributed by atoms with van der Waals surface area (Å²) in [6, 6.07) is 4.64. The molecule has 23 heavy (non-hydrogen) atoms. The Hall–Kier alpha value is -1.76. The normalized spacial score (nSPS) is 19.6. The van der Waals surface area contributed by atoms with Gasteiger partial charge < -0.3 is 10.1 Å². The van der Waals surface area contributed by atoms with Crippen molar-refractivity contribution in [2.45, 2.75) is 38.6 Å². The van der Waals surface area contributed by atoms with Gasteiger partial charge in [-0.15, -0.1) is 0 Å². The lowest BCUT2D eigenvalue weighted by Gasteiger charge is -2.38. The van der Waals surface area contributed by atoms with Gasteiger partial charge >= 0.3 is 12.3 Å². The maximum Gasteiger partial charge on any atom is 0.416 e. The van der Waals surface area contributed by atoms with E-state index in [0.717, 1.165) is 6.07 Å². The first-order valence-corrected chi connectivity index (χ1v) is 7.46. The van der Waals surface area contributed by atoms with E-state index in [4.69, 9.17) is 4.74 Å². The van der Waals surface area contributed by atoms with Gasteiger partial charge in [0.05, 0.1) is 11.6 Å². The second kappa shape index (κ2) is 6.39. The van der Waals surface area contributed by atoms with Crippen molar-refractivity contribution in [1.29, 1.82) is 0 Å². The van der Waals surface area contributed by atoms with Crippen LogP contribution in [-0.4, -0.2) is 36.2 Å². The molecule has 1 fully saturated rings. The number of halogens is 3. The number of benzene rings is 1. The molecular formula is C16H21F3N2O2. The zero-order valence-corrected chi connectivity index (χ0v) is 13.4. The van der Waals surface area contributed by atoms with Gasteiger partial charge in [0.1, 0.15) is 5.60 Å². The first-order valence-electron chi connectivity index (χ1n) is 7.46. The summed E-state index contributed by atoms with van der Waals surface area (Å²) in [6.45, 7) is 6.26. The van der Waals surface area contributed by atoms with Crippen LogP contribution in [0.1, 0.15) is 37.9 Å². The maximum absolute atomic E-state index is 13.2. The summed E-state index contributed by atoms with van der Waals surface area (Å²) in [7, 11) is 0. The average Bonchev–Trinajstić information content (AvgIpc) is 2.44. The van der Waals surface area contributed by atoms with Crippen molar-refractivity contribution < 1.29 is 22.7 Å². The second-order valence-electron chi connectivity index (χ2n) is 6.48. The summed E-state index contributed by atoms with van der Waals surface area (Å²) in [4.78, 5) is 13.7. The second-order valence-corrected chi connectivity index (χ2v) is 6.48. The lowest BCUT2D eigenvalue weighted by Crippen LogP contribution is -2.50. The van der Waals surface area contributed by atoms with E-state index in [1.807, 2.05) is 0 Å². The molecule has 1 amide bonds. The minimum atomic E-state index is -4.46. The van der Waals surface area contributed by atoms with Crippen LogP contribution in [0.3, 0.4) is 0 Å². The highest BCUT2D eigenvalue weighted by Crippen LogP contribution is 2.37. The van der Waals surface area contributed by atoms with Gasteiger partial charge in [0.25, 0.3) is 0 Å². The summed E-state index contributed by atoms with van der Waals surface area (Å²) < 4.78 is 45.1. The molecule has 1 aliphatic heterocycles. The van der Waals surface area contributed by atoms with Crippen molar-refractivity contribution >= 4 is 6.09 Å². The van der Waals surface area contributed by atoms with Crippen LogP contribution in [0.15, 0.2) is 24.3 Å². The molecule has 1 aliphatic rings. The summed E-state index contributed by atoms with van der Waals surface area (Å²) in [5, 5.41) is 3.04. The summed E-state index contributed by atoms with van der Waals surface area (Å²) in [5.74, 6) is 0. The van der Waals surface area contributed by atoms with Crippen LogP contribution in [-0.2, 0) is 10.9 Å². The van der Waals surface area contributed by atoms with Gasteiger partial charge in [0.2, 0.25) is 0 Å². The SMILES string of the molecule is CC(C)(C)OC(=O)N1CCNCC1c1ccccc1C(F)(F)F. The molecule has 1 saturated heterocycles. The fourth-order valence-corrected chi connectivity index (χ4v) is 2.57. The zero-order valence-electron chi connectivity index (χ0n) is 13.4. The molecule has 0 radical (unpaired) electrons. The van der Waals surface area contributed by atoms with Crippen LogP contribution in [0.4, 0.5) is 18.0 Å². The summed E-state index contributed by atoms with van der Waals surface area (Å²) >= 11 is 0. The number of piperazine rings is 1. The van der Waals surface area contributed by atoms with Crippen LogP contribution in [0, 0.1) is 0 Å². The number of alkyl halides is 3. The first kappa shape index (κ1) is 17.6. The Balaban J connectivity index is 2.34. The molecule has 7 heteroatoms. The van der Waals surface area contributed by atoms with Crippen LogP contribution in [0.5, 0.6) is 0 Å². The van der Waals surface area contributed by atoms with Gasteiger partial charge in [-0.1, -0.05) is 18.2 Å². The molecule has 0 aliphatic carbocycles. The standard InChI is InChI=1S/C16H21F3N2O2/c1-15(2,3)23-14(22)21-9-8-20-10-13(21)11-6-4-5-7-12(11)16(17,18)19/h4-7,13,20H,8-10H2,1-3H3. The van der Waals surface area contributed by atoms with Crippen LogP contribution < -0.4 is 5.32 Å². The Morgan fingerprint density at radius 3 is 2.52 bits per heavy atom. The number of carbonyl (C=O) groups excluding carboxylic acids is 1. The highest BCUT2D eigenvalue weighted by Gasteiger charge is 2.39. The predicted octanol–water partition coefficient (Wildman–Crippen LogP) is 3.59. The number of ether oxygens (including phenoxy) is 1. The monoisotopic (exact) mass is 330 g/mol. The Bertz CT molecular complexity index is 567. The highest BCUT2D eigenvalue weighted by atomic mass is 19.4. The molecule has 2 rings (SSSR count). The molecule has 0 saturated carbocycles. The van der Waals surface area contributed by atoms with Crippen molar-refractivity contribution in [1.82, 2.24) is 10.2 Å². The Kier molecular flexibility index (Phi) is 4.89. The van der Waals surface area contributed by atoms with Gasteiger partial charge in [0.15, 0.2) is 0 Å². The molecule has 1 aromatic carbocycles. The Morgan fingerprint density at radius 2 is 1.91 bits per heavy atom. The lowest BCUT2D eigenvalue weighted by molar-refractivity contribution is -0.138. The van der Waals surface area contributed by atoms with Crippen molar-refractivity contribution in [3.8, 4) is 0 Å².